The molecule has 4 unspecified atom stereocenters. The maximum absolute atomic E-state index is 5.97. The molecule has 0 saturated heterocycles. The second-order valence-electron chi connectivity index (χ2n) is 7.10. The summed E-state index contributed by atoms with van der Waals surface area (Å²) < 4.78 is 8.28. The summed E-state index contributed by atoms with van der Waals surface area (Å²) in [5.41, 5.74) is 0.470. The summed E-state index contributed by atoms with van der Waals surface area (Å²) in [6.07, 6.45) is 15.7. The smallest absolute Gasteiger partial charge is 0.0949 e. The van der Waals surface area contributed by atoms with Crippen molar-refractivity contribution < 1.29 is 4.74 Å². The first-order valence-corrected chi connectivity index (χ1v) is 8.68. The number of aromatic nitrogens is 2. The maximum Gasteiger partial charge on any atom is 0.0949 e. The maximum atomic E-state index is 5.97. The summed E-state index contributed by atoms with van der Waals surface area (Å²) in [6.45, 7) is 2.99. The number of imidazole rings is 1. The van der Waals surface area contributed by atoms with E-state index in [1.165, 1.54) is 44.9 Å². The lowest BCUT2D eigenvalue weighted by atomic mass is 9.51. The van der Waals surface area contributed by atoms with Crippen LogP contribution in [0.15, 0.2) is 18.7 Å². The molecule has 0 aliphatic heterocycles. The number of rotatable bonds is 5. The molecule has 0 radical (unpaired) electrons. The molecular formula is C17H27N3O. The van der Waals surface area contributed by atoms with Crippen LogP contribution in [-0.2, 0) is 4.74 Å². The monoisotopic (exact) mass is 289 g/mol. The van der Waals surface area contributed by atoms with Gasteiger partial charge in [-0.15, -0.1) is 0 Å². The molecule has 0 aromatic carbocycles. The summed E-state index contributed by atoms with van der Waals surface area (Å²) in [6, 6.07) is 1.89. The van der Waals surface area contributed by atoms with Crippen LogP contribution in [0.2, 0.25) is 0 Å². The fraction of sp³-hybridized carbons (Fsp3) is 0.824. The minimum Gasteiger partial charge on any atom is -0.378 e. The zero-order valence-electron chi connectivity index (χ0n) is 13.0. The van der Waals surface area contributed by atoms with Gasteiger partial charge in [-0.25, -0.2) is 4.98 Å². The molecule has 3 aliphatic carbocycles. The van der Waals surface area contributed by atoms with Gasteiger partial charge in [-0.1, -0.05) is 6.42 Å². The van der Waals surface area contributed by atoms with E-state index in [-0.39, 0.29) is 0 Å². The Bertz CT molecular complexity index is 468. The Morgan fingerprint density at radius 3 is 2.90 bits per heavy atom. The van der Waals surface area contributed by atoms with E-state index in [0.717, 1.165) is 6.61 Å². The van der Waals surface area contributed by atoms with Gasteiger partial charge in [0.05, 0.1) is 12.4 Å². The Balaban J connectivity index is 1.42. The van der Waals surface area contributed by atoms with E-state index < -0.39 is 0 Å². The van der Waals surface area contributed by atoms with E-state index in [0.29, 0.717) is 29.6 Å². The van der Waals surface area contributed by atoms with E-state index in [2.05, 4.69) is 28.0 Å². The zero-order valence-corrected chi connectivity index (χ0v) is 13.0. The summed E-state index contributed by atoms with van der Waals surface area (Å²) in [4.78, 5) is 4.22. The summed E-state index contributed by atoms with van der Waals surface area (Å²) in [7, 11) is 0. The number of hydrogen-bond donors (Lipinski definition) is 1. The van der Waals surface area contributed by atoms with Crippen molar-refractivity contribution in [3.05, 3.63) is 18.7 Å². The van der Waals surface area contributed by atoms with Gasteiger partial charge >= 0.3 is 0 Å². The van der Waals surface area contributed by atoms with Crippen LogP contribution in [0.3, 0.4) is 0 Å². The molecule has 0 amide bonds. The molecule has 1 aromatic heterocycles. The Morgan fingerprint density at radius 2 is 2.24 bits per heavy atom. The molecule has 1 aromatic rings. The van der Waals surface area contributed by atoms with Crippen molar-refractivity contribution in [3.63, 3.8) is 0 Å². The highest BCUT2D eigenvalue weighted by molar-refractivity contribution is 5.13. The Labute approximate surface area is 127 Å². The highest BCUT2D eigenvalue weighted by Gasteiger charge is 2.59. The largest absolute Gasteiger partial charge is 0.378 e. The fourth-order valence-corrected chi connectivity index (χ4v) is 4.89. The van der Waals surface area contributed by atoms with Crippen molar-refractivity contribution in [1.29, 1.82) is 0 Å². The molecule has 4 nitrogen and oxygen atoms in total. The molecule has 3 saturated carbocycles. The third-order valence-electron chi connectivity index (χ3n) is 6.24. The van der Waals surface area contributed by atoms with Gasteiger partial charge in [0.15, 0.2) is 0 Å². The Kier molecular flexibility index (Phi) is 3.54. The normalized spacial score (nSPS) is 37.4. The predicted octanol–water partition coefficient (Wildman–Crippen LogP) is 2.91. The molecular weight excluding hydrogens is 262 g/mol. The second-order valence-corrected chi connectivity index (χ2v) is 7.10. The molecule has 4 atom stereocenters. The average Bonchev–Trinajstić information content (AvgIpc) is 3.05. The van der Waals surface area contributed by atoms with Crippen molar-refractivity contribution in [2.45, 2.75) is 76.1 Å². The minimum atomic E-state index is 0.470. The van der Waals surface area contributed by atoms with Gasteiger partial charge in [0.2, 0.25) is 0 Å². The fourth-order valence-electron chi connectivity index (χ4n) is 4.89. The lowest BCUT2D eigenvalue weighted by Crippen LogP contribution is -2.68. The molecule has 3 fully saturated rings. The van der Waals surface area contributed by atoms with E-state index >= 15 is 0 Å². The lowest BCUT2D eigenvalue weighted by molar-refractivity contribution is -0.175. The van der Waals surface area contributed by atoms with E-state index in [1.807, 2.05) is 12.5 Å². The first-order chi connectivity index (χ1) is 10.3. The molecule has 0 bridgehead atoms. The molecule has 1 heterocycles. The summed E-state index contributed by atoms with van der Waals surface area (Å²) >= 11 is 0. The Hall–Kier alpha value is -0.870. The van der Waals surface area contributed by atoms with Crippen LogP contribution >= 0.6 is 0 Å². The molecule has 4 rings (SSSR count). The van der Waals surface area contributed by atoms with Crippen molar-refractivity contribution in [2.24, 2.45) is 5.41 Å². The zero-order chi connectivity index (χ0) is 14.3. The van der Waals surface area contributed by atoms with Crippen LogP contribution in [0.1, 0.15) is 57.9 Å². The van der Waals surface area contributed by atoms with E-state index in [9.17, 15) is 0 Å². The van der Waals surface area contributed by atoms with Crippen molar-refractivity contribution in [2.75, 3.05) is 6.61 Å². The predicted molar refractivity (Wildman–Crippen MR) is 82.1 cm³/mol. The van der Waals surface area contributed by atoms with E-state index in [1.54, 1.807) is 0 Å². The van der Waals surface area contributed by atoms with Crippen molar-refractivity contribution in [1.82, 2.24) is 14.9 Å². The highest BCUT2D eigenvalue weighted by Crippen LogP contribution is 2.57. The van der Waals surface area contributed by atoms with Crippen LogP contribution < -0.4 is 5.32 Å². The molecule has 116 valence electrons. The van der Waals surface area contributed by atoms with Gasteiger partial charge in [-0.05, 0) is 45.4 Å². The van der Waals surface area contributed by atoms with Crippen LogP contribution in [0.25, 0.3) is 0 Å². The standard InChI is InChI=1S/C17H27N3O/c1-2-21-16-11-15(17(16)7-4-8-17)19-13-5-3-6-14(13)20-10-9-18-12-20/h9-10,12-16,19H,2-8,11H2,1H3. The first kappa shape index (κ1) is 13.8. The summed E-state index contributed by atoms with van der Waals surface area (Å²) in [5, 5.41) is 4.01. The van der Waals surface area contributed by atoms with Gasteiger partial charge in [0, 0.05) is 42.5 Å². The third-order valence-corrected chi connectivity index (χ3v) is 6.24. The van der Waals surface area contributed by atoms with Gasteiger partial charge in [-0.2, -0.15) is 0 Å². The number of ether oxygens (including phenoxy) is 1. The molecule has 21 heavy (non-hydrogen) atoms. The van der Waals surface area contributed by atoms with Gasteiger partial charge < -0.3 is 14.6 Å². The SMILES string of the molecule is CCOC1CC(NC2CCCC2n2ccnc2)C12CCC2. The van der Waals surface area contributed by atoms with Crippen LogP contribution in [0, 0.1) is 5.41 Å². The first-order valence-electron chi connectivity index (χ1n) is 8.68. The lowest BCUT2D eigenvalue weighted by Gasteiger charge is -2.62. The topological polar surface area (TPSA) is 39.1 Å². The molecule has 1 N–H and O–H groups in total. The van der Waals surface area contributed by atoms with Crippen LogP contribution in [0.5, 0.6) is 0 Å². The van der Waals surface area contributed by atoms with Gasteiger partial charge in [0.1, 0.15) is 0 Å². The molecule has 3 aliphatic rings. The molecule has 1 spiro atoms. The Morgan fingerprint density at radius 1 is 1.33 bits per heavy atom. The quantitative estimate of drug-likeness (QED) is 0.906. The van der Waals surface area contributed by atoms with Crippen molar-refractivity contribution in [3.8, 4) is 0 Å². The minimum absolute atomic E-state index is 0.470. The highest BCUT2D eigenvalue weighted by atomic mass is 16.5. The van der Waals surface area contributed by atoms with Crippen LogP contribution in [0.4, 0.5) is 0 Å². The number of nitrogens with one attached hydrogen (secondary N) is 1. The van der Waals surface area contributed by atoms with Crippen LogP contribution in [-0.4, -0.2) is 34.3 Å². The summed E-state index contributed by atoms with van der Waals surface area (Å²) in [5.74, 6) is 0. The van der Waals surface area contributed by atoms with E-state index in [4.69, 9.17) is 4.74 Å². The number of nitrogens with zero attached hydrogens (tertiary/aromatic N) is 2. The third kappa shape index (κ3) is 2.15. The second kappa shape index (κ2) is 5.40. The van der Waals surface area contributed by atoms with Gasteiger partial charge in [-0.3, -0.25) is 0 Å². The average molecular weight is 289 g/mol. The number of hydrogen-bond acceptors (Lipinski definition) is 3. The van der Waals surface area contributed by atoms with Gasteiger partial charge in [0.25, 0.3) is 0 Å². The molecule has 4 heteroatoms. The van der Waals surface area contributed by atoms with Crippen molar-refractivity contribution >= 4 is 0 Å².